The van der Waals surface area contributed by atoms with Crippen LogP contribution in [0.3, 0.4) is 0 Å². The van der Waals surface area contributed by atoms with Crippen molar-refractivity contribution in [3.8, 4) is 0 Å². The summed E-state index contributed by atoms with van der Waals surface area (Å²) in [6, 6.07) is 4.42. The van der Waals surface area contributed by atoms with Gasteiger partial charge in [-0.25, -0.2) is 0 Å². The second-order valence-corrected chi connectivity index (χ2v) is 5.80. The summed E-state index contributed by atoms with van der Waals surface area (Å²) in [5.41, 5.74) is 1.27. The van der Waals surface area contributed by atoms with E-state index in [0.29, 0.717) is 5.92 Å². The Morgan fingerprint density at radius 1 is 1.40 bits per heavy atom. The maximum Gasteiger partial charge on any atom is 0.348 e. The van der Waals surface area contributed by atoms with Gasteiger partial charge >= 0.3 is 5.82 Å². The van der Waals surface area contributed by atoms with Gasteiger partial charge in [-0.15, -0.1) is 9.81 Å². The molecule has 1 unspecified atom stereocenters. The zero-order valence-electron chi connectivity index (χ0n) is 12.3. The number of fused-ring (bicyclic) bond motifs is 1. The van der Waals surface area contributed by atoms with Crippen LogP contribution in [0.25, 0.3) is 0 Å². The molecule has 5 nitrogen and oxygen atoms in total. The van der Waals surface area contributed by atoms with Crippen molar-refractivity contribution < 1.29 is 9.43 Å². The van der Waals surface area contributed by atoms with E-state index in [1.807, 2.05) is 12.3 Å². The number of pyridine rings is 1. The quantitative estimate of drug-likeness (QED) is 0.791. The first kappa shape index (κ1) is 13.6. The largest absolute Gasteiger partial charge is 0.379 e. The van der Waals surface area contributed by atoms with Gasteiger partial charge in [-0.05, 0) is 23.0 Å². The normalized spacial score (nSPS) is 22.9. The van der Waals surface area contributed by atoms with Crippen LogP contribution in [0.15, 0.2) is 23.4 Å². The molecule has 0 spiro atoms. The second-order valence-electron chi connectivity index (χ2n) is 5.80. The summed E-state index contributed by atoms with van der Waals surface area (Å²) in [5, 5.41) is 4.85. The van der Waals surface area contributed by atoms with Crippen molar-refractivity contribution in [2.75, 3.05) is 39.4 Å². The second kappa shape index (κ2) is 5.97. The topological polar surface area (TPSA) is 40.7 Å². The van der Waals surface area contributed by atoms with Crippen LogP contribution in [-0.4, -0.2) is 54.0 Å². The number of azo groups is 2. The first-order valence-corrected chi connectivity index (χ1v) is 7.49. The Morgan fingerprint density at radius 3 is 2.95 bits per heavy atom. The molecule has 3 rings (SSSR count). The molecule has 1 fully saturated rings. The van der Waals surface area contributed by atoms with Gasteiger partial charge in [0.15, 0.2) is 0 Å². The zero-order valence-corrected chi connectivity index (χ0v) is 12.3. The number of ether oxygens (including phenoxy) is 1. The molecule has 0 bridgehead atoms. The first-order chi connectivity index (χ1) is 9.75. The Morgan fingerprint density at radius 2 is 2.20 bits per heavy atom. The zero-order chi connectivity index (χ0) is 13.9. The Kier molecular flexibility index (Phi) is 4.08. The molecule has 0 N–H and O–H groups in total. The summed E-state index contributed by atoms with van der Waals surface area (Å²) in [7, 11) is 0. The molecule has 2 aliphatic heterocycles. The van der Waals surface area contributed by atoms with Gasteiger partial charge in [0.25, 0.3) is 0 Å². The van der Waals surface area contributed by atoms with E-state index in [-0.39, 0.29) is 6.04 Å². The monoisotopic (exact) mass is 275 g/mol. The van der Waals surface area contributed by atoms with E-state index in [1.54, 1.807) is 0 Å². The standard InChI is InChI=1S/C15H23N4O/c1-12(2)14-13-4-3-5-16-15(13)19(17-14)7-6-18-8-10-20-11-9-18/h3-5,12,14H,6-11H2,1-2H3/q+1. The fourth-order valence-corrected chi connectivity index (χ4v) is 2.84. The van der Waals surface area contributed by atoms with Crippen LogP contribution in [0.1, 0.15) is 25.5 Å². The number of morpholine rings is 1. The molecule has 0 radical (unpaired) electrons. The van der Waals surface area contributed by atoms with Crippen LogP contribution < -0.4 is 0 Å². The molecule has 2 aliphatic rings. The summed E-state index contributed by atoms with van der Waals surface area (Å²) in [5.74, 6) is 1.55. The highest BCUT2D eigenvalue weighted by atomic mass is 16.5. The summed E-state index contributed by atoms with van der Waals surface area (Å²) in [6.07, 6.45) is 1.86. The molecule has 1 atom stereocenters. The fourth-order valence-electron chi connectivity index (χ4n) is 2.84. The van der Waals surface area contributed by atoms with Crippen LogP contribution in [0.4, 0.5) is 5.82 Å². The van der Waals surface area contributed by atoms with E-state index in [1.165, 1.54) is 5.56 Å². The molecule has 0 aliphatic carbocycles. The minimum Gasteiger partial charge on any atom is -0.379 e. The molecule has 0 saturated carbocycles. The van der Waals surface area contributed by atoms with Crippen molar-refractivity contribution in [1.82, 2.24) is 9.88 Å². The predicted octanol–water partition coefficient (Wildman–Crippen LogP) is 2.22. The van der Waals surface area contributed by atoms with Crippen molar-refractivity contribution >= 4 is 5.82 Å². The number of hydrogen-bond donors (Lipinski definition) is 0. The Hall–Kier alpha value is -1.33. The van der Waals surface area contributed by atoms with Crippen molar-refractivity contribution in [2.24, 2.45) is 11.0 Å². The lowest BCUT2D eigenvalue weighted by atomic mass is 9.98. The van der Waals surface area contributed by atoms with E-state index in [4.69, 9.17) is 9.85 Å². The average molecular weight is 275 g/mol. The Bertz CT molecular complexity index is 494. The molecule has 3 heterocycles. The third-order valence-corrected chi connectivity index (χ3v) is 4.01. The number of aromatic nitrogens is 1. The molecule has 0 aromatic carbocycles. The van der Waals surface area contributed by atoms with E-state index in [9.17, 15) is 0 Å². The Labute approximate surface area is 120 Å². The lowest BCUT2D eigenvalue weighted by Gasteiger charge is -2.25. The minimum atomic E-state index is 0.253. The molecule has 0 amide bonds. The smallest absolute Gasteiger partial charge is 0.348 e. The van der Waals surface area contributed by atoms with Gasteiger partial charge in [0.05, 0.1) is 18.8 Å². The predicted molar refractivity (Wildman–Crippen MR) is 76.3 cm³/mol. The van der Waals surface area contributed by atoms with Gasteiger partial charge in [0, 0.05) is 19.6 Å². The molecule has 5 heteroatoms. The van der Waals surface area contributed by atoms with E-state index in [0.717, 1.165) is 45.2 Å². The summed E-state index contributed by atoms with van der Waals surface area (Å²) in [4.78, 5) is 6.96. The van der Waals surface area contributed by atoms with Crippen molar-refractivity contribution in [3.63, 3.8) is 0 Å². The molecule has 1 saturated heterocycles. The average Bonchev–Trinajstić information content (AvgIpc) is 2.85. The molecular formula is C15H23N4O+. The van der Waals surface area contributed by atoms with Gasteiger partial charge in [0.1, 0.15) is 18.8 Å². The highest BCUT2D eigenvalue weighted by molar-refractivity contribution is 5.36. The van der Waals surface area contributed by atoms with Gasteiger partial charge in [-0.3, -0.25) is 4.90 Å². The third kappa shape index (κ3) is 2.74. The van der Waals surface area contributed by atoms with Gasteiger partial charge < -0.3 is 4.74 Å². The molecule has 1 aromatic heterocycles. The number of rotatable bonds is 4. The number of nitrogens with zero attached hydrogens (tertiary/aromatic N) is 4. The molecular weight excluding hydrogens is 252 g/mol. The summed E-state index contributed by atoms with van der Waals surface area (Å²) in [6.45, 7) is 10.1. The third-order valence-electron chi connectivity index (χ3n) is 4.01. The van der Waals surface area contributed by atoms with Gasteiger partial charge in [-0.2, -0.15) is 0 Å². The highest BCUT2D eigenvalue weighted by Crippen LogP contribution is 2.37. The van der Waals surface area contributed by atoms with Gasteiger partial charge in [-0.1, -0.05) is 13.8 Å². The van der Waals surface area contributed by atoms with Crippen LogP contribution >= 0.6 is 0 Å². The van der Waals surface area contributed by atoms with Crippen LogP contribution in [-0.2, 0) is 4.74 Å². The molecule has 1 aromatic rings. The lowest BCUT2D eigenvalue weighted by Crippen LogP contribution is -2.39. The molecule has 108 valence electrons. The maximum atomic E-state index is 5.39. The van der Waals surface area contributed by atoms with Crippen LogP contribution in [0.5, 0.6) is 0 Å². The van der Waals surface area contributed by atoms with Crippen LogP contribution in [0, 0.1) is 5.92 Å². The fraction of sp³-hybridized carbons (Fsp3) is 0.667. The number of hydrogen-bond acceptors (Lipinski definition) is 4. The van der Waals surface area contributed by atoms with Crippen LogP contribution in [0.2, 0.25) is 0 Å². The minimum absolute atomic E-state index is 0.253. The SMILES string of the molecule is CC(C)C1N=[N+](CCN2CCOCC2)c2ncccc21. The van der Waals surface area contributed by atoms with Crippen molar-refractivity contribution in [2.45, 2.75) is 19.9 Å². The van der Waals surface area contributed by atoms with E-state index in [2.05, 4.69) is 34.5 Å². The van der Waals surface area contributed by atoms with Crippen molar-refractivity contribution in [3.05, 3.63) is 23.9 Å². The summed E-state index contributed by atoms with van der Waals surface area (Å²) < 4.78 is 7.48. The highest BCUT2D eigenvalue weighted by Gasteiger charge is 2.34. The van der Waals surface area contributed by atoms with E-state index >= 15 is 0 Å². The first-order valence-electron chi connectivity index (χ1n) is 7.49. The van der Waals surface area contributed by atoms with Gasteiger partial charge in [0.2, 0.25) is 0 Å². The lowest BCUT2D eigenvalue weighted by molar-refractivity contribution is -0.514. The van der Waals surface area contributed by atoms with Crippen molar-refractivity contribution in [1.29, 1.82) is 0 Å². The van der Waals surface area contributed by atoms with E-state index < -0.39 is 0 Å². The Balaban J connectivity index is 1.71. The summed E-state index contributed by atoms with van der Waals surface area (Å²) >= 11 is 0. The maximum absolute atomic E-state index is 5.39. The molecule has 20 heavy (non-hydrogen) atoms.